The Labute approximate surface area is 612 Å². The summed E-state index contributed by atoms with van der Waals surface area (Å²) in [5.41, 5.74) is 2.52. The summed E-state index contributed by atoms with van der Waals surface area (Å²) in [6.45, 7) is 3.32. The Morgan fingerprint density at radius 1 is 0.638 bits per heavy atom. The molecule has 40 heteroatoms. The van der Waals surface area contributed by atoms with Crippen molar-refractivity contribution in [3.63, 3.8) is 0 Å². The number of aromatic nitrogens is 5. The number of aliphatic carboxylic acids is 5. The molecular formula is C65H88N16O21S3. The molecule has 1 aliphatic heterocycles. The summed E-state index contributed by atoms with van der Waals surface area (Å²) in [4.78, 5) is 132. The van der Waals surface area contributed by atoms with Gasteiger partial charge in [-0.15, -0.1) is 15.3 Å². The van der Waals surface area contributed by atoms with Crippen LogP contribution in [0.4, 0.5) is 10.8 Å². The number of nitrogens with zero attached hydrogens (tertiary/aromatic N) is 8. The number of thiocarbonyl (C=S) groups is 1. The maximum absolute atomic E-state index is 13.7. The van der Waals surface area contributed by atoms with Crippen molar-refractivity contribution in [2.75, 3.05) is 103 Å². The van der Waals surface area contributed by atoms with Crippen molar-refractivity contribution in [3.8, 4) is 11.5 Å². The largest absolute Gasteiger partial charge is 0.508 e. The molecule has 6 rings (SSSR count). The molecule has 572 valence electrons. The lowest BCUT2D eigenvalue weighted by atomic mass is 9.73. The van der Waals surface area contributed by atoms with Crippen LogP contribution in [0.25, 0.3) is 0 Å². The lowest BCUT2D eigenvalue weighted by Gasteiger charge is -2.33. The summed E-state index contributed by atoms with van der Waals surface area (Å²) < 4.78 is 35.4. The molecule has 1 fully saturated rings. The third-order valence-electron chi connectivity index (χ3n) is 16.6. The summed E-state index contributed by atoms with van der Waals surface area (Å²) >= 11 is 6.07. The minimum Gasteiger partial charge on any atom is -0.508 e. The smallest absolute Gasteiger partial charge is 0.326 e. The van der Waals surface area contributed by atoms with E-state index in [1.165, 1.54) is 28.9 Å². The first-order valence-corrected chi connectivity index (χ1v) is 36.1. The molecule has 1 unspecified atom stereocenters. The Hall–Kier alpha value is -9.94. The van der Waals surface area contributed by atoms with Gasteiger partial charge >= 0.3 is 29.8 Å². The van der Waals surface area contributed by atoms with E-state index in [0.29, 0.717) is 85.6 Å². The van der Waals surface area contributed by atoms with Crippen molar-refractivity contribution in [1.82, 2.24) is 66.5 Å². The van der Waals surface area contributed by atoms with E-state index in [9.17, 15) is 92.1 Å². The first kappa shape index (κ1) is 84.0. The third kappa shape index (κ3) is 30.4. The maximum atomic E-state index is 13.7. The van der Waals surface area contributed by atoms with Crippen LogP contribution in [-0.2, 0) is 92.2 Å². The number of aromatic hydroxyl groups is 2. The molecule has 5 aromatic rings. The number of primary sulfonamides is 1. The number of unbranched alkanes of at least 4 members (excludes halogenated alkanes) is 1. The minimum atomic E-state index is -4.09. The number of carboxylic acids is 5. The highest BCUT2D eigenvalue weighted by molar-refractivity contribution is 7.91. The van der Waals surface area contributed by atoms with E-state index >= 15 is 0 Å². The number of phenols is 2. The van der Waals surface area contributed by atoms with Crippen LogP contribution in [0.15, 0.2) is 83.3 Å². The van der Waals surface area contributed by atoms with E-state index in [2.05, 4.69) is 57.7 Å². The van der Waals surface area contributed by atoms with Gasteiger partial charge in [-0.25, -0.2) is 23.1 Å². The first-order valence-electron chi connectivity index (χ1n) is 33.3. The van der Waals surface area contributed by atoms with Crippen LogP contribution in [0.3, 0.4) is 0 Å². The molecule has 3 heterocycles. The van der Waals surface area contributed by atoms with Crippen molar-refractivity contribution in [2.45, 2.75) is 118 Å². The van der Waals surface area contributed by atoms with E-state index in [4.69, 9.17) is 26.8 Å². The monoisotopic (exact) mass is 1520 g/mol. The average Bonchev–Trinajstić information content (AvgIpc) is 1.15. The van der Waals surface area contributed by atoms with Crippen molar-refractivity contribution in [3.05, 3.63) is 101 Å². The lowest BCUT2D eigenvalue weighted by molar-refractivity contribution is -0.145. The Morgan fingerprint density at radius 3 is 1.76 bits per heavy atom. The van der Waals surface area contributed by atoms with E-state index < -0.39 is 116 Å². The molecule has 1 aliphatic rings. The molecule has 0 spiro atoms. The molecule has 0 radical (unpaired) electrons. The number of rotatable bonds is 44. The number of carbonyl (C=O) groups excluding carboxylic acids is 5. The van der Waals surface area contributed by atoms with Crippen LogP contribution < -0.4 is 42.4 Å². The summed E-state index contributed by atoms with van der Waals surface area (Å²) in [7, 11) is -4.09. The van der Waals surface area contributed by atoms with Gasteiger partial charge in [0.15, 0.2) is 5.11 Å². The van der Waals surface area contributed by atoms with Gasteiger partial charge in [-0.1, -0.05) is 59.9 Å². The van der Waals surface area contributed by atoms with E-state index in [0.717, 1.165) is 5.56 Å². The van der Waals surface area contributed by atoms with Gasteiger partial charge < -0.3 is 82.4 Å². The fraction of sp³-hybridized carbons (Fsp3) is 0.492. The number of sulfonamides is 1. The zero-order valence-electron chi connectivity index (χ0n) is 57.4. The summed E-state index contributed by atoms with van der Waals surface area (Å²) in [5.74, 6) is -10.5. The highest BCUT2D eigenvalue weighted by atomic mass is 32.2. The number of amides is 5. The fourth-order valence-corrected chi connectivity index (χ4v) is 12.7. The molecule has 4 atom stereocenters. The molecule has 105 heavy (non-hydrogen) atoms. The van der Waals surface area contributed by atoms with Crippen LogP contribution in [0, 0.1) is 0 Å². The molecule has 2 aromatic heterocycles. The van der Waals surface area contributed by atoms with Gasteiger partial charge in [-0.3, -0.25) is 57.7 Å². The number of ether oxygens (including phenoxy) is 2. The Balaban J connectivity index is 0.958. The molecule has 3 aromatic carbocycles. The van der Waals surface area contributed by atoms with Gasteiger partial charge in [-0.2, -0.15) is 0 Å². The highest BCUT2D eigenvalue weighted by Gasteiger charge is 2.34. The number of hydrogen-bond donors (Lipinski definition) is 15. The van der Waals surface area contributed by atoms with Gasteiger partial charge in [0, 0.05) is 88.5 Å². The van der Waals surface area contributed by atoms with Gasteiger partial charge in [0.1, 0.15) is 29.6 Å². The second-order valence-electron chi connectivity index (χ2n) is 24.8. The van der Waals surface area contributed by atoms with Gasteiger partial charge in [0.25, 0.3) is 10.0 Å². The summed E-state index contributed by atoms with van der Waals surface area (Å²) in [6.07, 6.45) is 1.48. The van der Waals surface area contributed by atoms with Crippen molar-refractivity contribution in [1.29, 1.82) is 0 Å². The van der Waals surface area contributed by atoms with Gasteiger partial charge in [0.2, 0.25) is 39.0 Å². The standard InChI is InChI=1S/C65H88N16O21S3/c1-65(42-10-16-47(82)17-11-42,43-12-18-48(83)19-13-43)21-20-53(85)71-50(60(95)96)34-55(87)72-51(61(97)98)35-54(86)70-49(6-2-3-24-81-36-45(74-77-81)5-4-7-52(84)73-63-75-76-64(104-63)105(66,99)100)59(94)67-22-29-101-31-32-102-30-23-68-62(103)69-44-14-8-41(9-15-44)33-46-37-79(39-57(90)91)26-25-78(38-56(88)89)27-28-80(46)40-58(92)93/h8-19,36,46,49-51,82-83H,2-7,20-35,37-40H2,1H3,(H,67,94)(H,70,86)(H,71,85)(H,72,87)(H,88,89)(H,90,91)(H,92,93)(H,95,96)(H,97,98)(H2,66,99,100)(H2,68,69,103)(H,73,75,84)/t46?,49-,50-,51-/m0/s1. The number of nitrogens with two attached hydrogens (primary N) is 1. The SMILES string of the molecule is CC(CCC(=O)N[C@@H](CC(=O)N[C@@H](CC(=O)N[C@@H](CCCCn1cc(CCCC(=O)Nc2nnc(S(N)(=O)=O)s2)nn1)C(=O)NCCOCCOCCNC(=S)Nc1ccc(CC2CN(CC(=O)O)CCN(CC(=O)O)CCN2CC(=O)O)cc1)C(=O)O)C(=O)O)(c1ccc(O)cc1)c1ccc(O)cc1. The normalized spacial score (nSPS) is 14.7. The number of hydrogen-bond acceptors (Lipinski definition) is 25. The molecule has 5 amide bonds. The lowest BCUT2D eigenvalue weighted by Crippen LogP contribution is -2.51. The van der Waals surface area contributed by atoms with Crippen molar-refractivity contribution in [2.24, 2.45) is 5.14 Å². The fourth-order valence-electron chi connectivity index (χ4n) is 11.2. The van der Waals surface area contributed by atoms with E-state index in [1.807, 2.05) is 19.1 Å². The summed E-state index contributed by atoms with van der Waals surface area (Å²) in [6, 6.07) is 14.3. The predicted molar refractivity (Wildman–Crippen MR) is 379 cm³/mol. The molecule has 0 bridgehead atoms. The van der Waals surface area contributed by atoms with Gasteiger partial charge in [-0.05, 0) is 110 Å². The van der Waals surface area contributed by atoms with Crippen LogP contribution in [-0.4, -0.2) is 265 Å². The number of carboxylic acid groups (broad SMARTS) is 5. The third-order valence-corrected chi connectivity index (χ3v) is 19.0. The Kier molecular flexibility index (Phi) is 33.7. The van der Waals surface area contributed by atoms with Crippen LogP contribution in [0.1, 0.15) is 87.1 Å². The second-order valence-corrected chi connectivity index (χ2v) is 27.9. The predicted octanol–water partition coefficient (Wildman–Crippen LogP) is -0.269. The quantitative estimate of drug-likeness (QED) is 0.0136. The zero-order chi connectivity index (χ0) is 76.6. The number of aryl methyl sites for hydroxylation is 2. The molecule has 37 nitrogen and oxygen atoms in total. The maximum Gasteiger partial charge on any atom is 0.326 e. The summed E-state index contributed by atoms with van der Waals surface area (Å²) in [5, 5.41) is 108. The molecular weight excluding hydrogens is 1440 g/mol. The number of phenolic OH excluding ortho intramolecular Hbond substituents is 2. The Morgan fingerprint density at radius 2 is 1.19 bits per heavy atom. The van der Waals surface area contributed by atoms with Crippen LogP contribution >= 0.6 is 23.6 Å². The number of benzene rings is 3. The first-order chi connectivity index (χ1) is 49.9. The number of nitrogens with one attached hydrogen (secondary N) is 7. The van der Waals surface area contributed by atoms with Crippen molar-refractivity contribution >= 4 is 109 Å². The van der Waals surface area contributed by atoms with Crippen LogP contribution in [0.5, 0.6) is 11.5 Å². The second kappa shape index (κ2) is 42.1. The van der Waals surface area contributed by atoms with E-state index in [-0.39, 0.29) is 126 Å². The van der Waals surface area contributed by atoms with Crippen molar-refractivity contribution < 1.29 is 102 Å². The molecule has 0 aliphatic carbocycles. The van der Waals surface area contributed by atoms with Gasteiger partial charge in [0.05, 0.1) is 64.6 Å². The number of anilines is 2. The van der Waals surface area contributed by atoms with Crippen LogP contribution in [0.2, 0.25) is 0 Å². The zero-order valence-corrected chi connectivity index (χ0v) is 59.9. The van der Waals surface area contributed by atoms with E-state index in [1.54, 1.807) is 57.3 Å². The average molecular weight is 1530 g/mol. The topological polar surface area (TPSA) is 541 Å². The molecule has 1 saturated heterocycles. The molecule has 0 saturated carbocycles. The minimum absolute atomic E-state index is 0.00353. The molecule has 16 N–H and O–H groups in total. The number of carbonyl (C=O) groups is 10. The Bertz CT molecular complexity index is 3820. The highest BCUT2D eigenvalue weighted by Crippen LogP contribution is 2.38.